The van der Waals surface area contributed by atoms with Crippen LogP contribution in [0.1, 0.15) is 39.0 Å². The normalized spacial score (nSPS) is 26.1. The van der Waals surface area contributed by atoms with E-state index in [1.54, 1.807) is 6.07 Å². The summed E-state index contributed by atoms with van der Waals surface area (Å²) in [6.07, 6.45) is 6.42. The third kappa shape index (κ3) is 2.92. The van der Waals surface area contributed by atoms with E-state index in [9.17, 15) is 9.90 Å². The Morgan fingerprint density at radius 3 is 3.00 bits per heavy atom. The molecule has 0 unspecified atom stereocenters. The van der Waals surface area contributed by atoms with Gasteiger partial charge in [-0.2, -0.15) is 5.10 Å². The fourth-order valence-electron chi connectivity index (χ4n) is 2.96. The molecule has 2 heterocycles. The second kappa shape index (κ2) is 5.48. The molecular weight excluding hydrogens is 270 g/mol. The maximum absolute atomic E-state index is 11.3. The number of anilines is 1. The van der Waals surface area contributed by atoms with Crippen LogP contribution in [-0.4, -0.2) is 36.8 Å². The number of rotatable bonds is 4. The van der Waals surface area contributed by atoms with Crippen LogP contribution in [0, 0.1) is 5.92 Å². The van der Waals surface area contributed by atoms with Crippen molar-refractivity contribution in [2.24, 2.45) is 5.92 Å². The van der Waals surface area contributed by atoms with Crippen molar-refractivity contribution in [2.45, 2.75) is 44.6 Å². The Morgan fingerprint density at radius 2 is 2.29 bits per heavy atom. The van der Waals surface area contributed by atoms with Gasteiger partial charge in [0.05, 0.1) is 5.60 Å². The van der Waals surface area contributed by atoms with E-state index >= 15 is 0 Å². The molecule has 0 aromatic carbocycles. The quantitative estimate of drug-likeness (QED) is 0.785. The van der Waals surface area contributed by atoms with Crippen molar-refractivity contribution in [3.05, 3.63) is 22.9 Å². The predicted octanol–water partition coefficient (Wildman–Crippen LogP) is 1.16. The Bertz CT molecular complexity index is 669. The van der Waals surface area contributed by atoms with Crippen molar-refractivity contribution < 1.29 is 5.11 Å². The molecule has 1 fully saturated rings. The summed E-state index contributed by atoms with van der Waals surface area (Å²) in [5.41, 5.74) is -0.454. The van der Waals surface area contributed by atoms with Crippen LogP contribution in [0.4, 0.5) is 5.82 Å². The number of hydrogen-bond acceptors (Lipinski definition) is 5. The second-order valence-corrected chi connectivity index (χ2v) is 5.96. The van der Waals surface area contributed by atoms with Gasteiger partial charge in [0.25, 0.3) is 0 Å². The minimum Gasteiger partial charge on any atom is -0.388 e. The van der Waals surface area contributed by atoms with Gasteiger partial charge >= 0.3 is 5.69 Å². The van der Waals surface area contributed by atoms with E-state index in [4.69, 9.17) is 0 Å². The average Bonchev–Trinajstić information content (AvgIpc) is 2.87. The highest BCUT2D eigenvalue weighted by molar-refractivity contribution is 5.48. The molecule has 0 bridgehead atoms. The van der Waals surface area contributed by atoms with Gasteiger partial charge in [-0.15, -0.1) is 0 Å². The van der Waals surface area contributed by atoms with Crippen molar-refractivity contribution in [1.82, 2.24) is 19.6 Å². The summed E-state index contributed by atoms with van der Waals surface area (Å²) in [5, 5.41) is 20.0. The van der Waals surface area contributed by atoms with Gasteiger partial charge in [-0.25, -0.2) is 19.3 Å². The zero-order valence-corrected chi connectivity index (χ0v) is 12.2. The zero-order chi connectivity index (χ0) is 14.9. The first-order chi connectivity index (χ1) is 10.1. The van der Waals surface area contributed by atoms with Crippen molar-refractivity contribution in [1.29, 1.82) is 0 Å². The second-order valence-electron chi connectivity index (χ2n) is 5.96. The molecule has 0 spiro atoms. The van der Waals surface area contributed by atoms with E-state index < -0.39 is 5.60 Å². The van der Waals surface area contributed by atoms with E-state index in [0.717, 1.165) is 31.6 Å². The van der Waals surface area contributed by atoms with Crippen molar-refractivity contribution in [2.75, 3.05) is 11.9 Å². The molecule has 1 aliphatic rings. The van der Waals surface area contributed by atoms with Gasteiger partial charge in [-0.05, 0) is 31.6 Å². The standard InChI is InChI=1S/C14H21N5O2/c1-2-10-3-5-14(21,6-4-10)8-15-11-7-12-17-18-13(20)19(12)9-16-11/h7,9-10,15,21H,2-6,8H2,1H3,(H,18,20). The maximum Gasteiger partial charge on any atom is 0.348 e. The van der Waals surface area contributed by atoms with Gasteiger partial charge in [0.1, 0.15) is 12.1 Å². The molecule has 0 radical (unpaired) electrons. The predicted molar refractivity (Wildman–Crippen MR) is 79.3 cm³/mol. The van der Waals surface area contributed by atoms with Crippen LogP contribution >= 0.6 is 0 Å². The Balaban J connectivity index is 1.64. The van der Waals surface area contributed by atoms with Gasteiger partial charge in [-0.1, -0.05) is 13.3 Å². The van der Waals surface area contributed by atoms with Gasteiger partial charge < -0.3 is 10.4 Å². The highest BCUT2D eigenvalue weighted by atomic mass is 16.3. The molecule has 21 heavy (non-hydrogen) atoms. The lowest BCUT2D eigenvalue weighted by molar-refractivity contribution is 0.00223. The molecule has 7 nitrogen and oxygen atoms in total. The molecule has 114 valence electrons. The fourth-order valence-corrected chi connectivity index (χ4v) is 2.96. The molecule has 2 aromatic rings. The van der Waals surface area contributed by atoms with E-state index in [-0.39, 0.29) is 5.69 Å². The van der Waals surface area contributed by atoms with Gasteiger partial charge in [0.15, 0.2) is 5.65 Å². The molecule has 2 aromatic heterocycles. The summed E-state index contributed by atoms with van der Waals surface area (Å²) in [5.74, 6) is 1.36. The summed E-state index contributed by atoms with van der Waals surface area (Å²) in [4.78, 5) is 15.5. The Labute approximate surface area is 122 Å². The van der Waals surface area contributed by atoms with Crippen molar-refractivity contribution in [3.63, 3.8) is 0 Å². The highest BCUT2D eigenvalue weighted by Crippen LogP contribution is 2.33. The van der Waals surface area contributed by atoms with Gasteiger partial charge in [0.2, 0.25) is 0 Å². The van der Waals surface area contributed by atoms with Crippen LogP contribution in [0.2, 0.25) is 0 Å². The number of nitrogens with zero attached hydrogens (tertiary/aromatic N) is 3. The van der Waals surface area contributed by atoms with Crippen LogP contribution in [-0.2, 0) is 0 Å². The summed E-state index contributed by atoms with van der Waals surface area (Å²) in [7, 11) is 0. The third-order valence-electron chi connectivity index (χ3n) is 4.52. The van der Waals surface area contributed by atoms with Gasteiger partial charge in [-0.3, -0.25) is 0 Å². The topological polar surface area (TPSA) is 95.3 Å². The number of H-pyrrole nitrogens is 1. The molecule has 7 heteroatoms. The molecule has 0 saturated heterocycles. The average molecular weight is 291 g/mol. The molecule has 0 aliphatic heterocycles. The third-order valence-corrected chi connectivity index (χ3v) is 4.52. The summed E-state index contributed by atoms with van der Waals surface area (Å²) >= 11 is 0. The minimum atomic E-state index is -0.662. The monoisotopic (exact) mass is 291 g/mol. The molecule has 3 N–H and O–H groups in total. The number of fused-ring (bicyclic) bond motifs is 1. The Kier molecular flexibility index (Phi) is 3.67. The van der Waals surface area contributed by atoms with E-state index in [2.05, 4.69) is 27.4 Å². The summed E-state index contributed by atoms with van der Waals surface area (Å²) in [6, 6.07) is 1.69. The van der Waals surface area contributed by atoms with Crippen LogP contribution in [0.25, 0.3) is 5.65 Å². The lowest BCUT2D eigenvalue weighted by Gasteiger charge is -2.36. The Hall–Kier alpha value is -1.89. The maximum atomic E-state index is 11.3. The smallest absolute Gasteiger partial charge is 0.348 e. The first-order valence-corrected chi connectivity index (χ1v) is 7.49. The summed E-state index contributed by atoms with van der Waals surface area (Å²) < 4.78 is 1.34. The largest absolute Gasteiger partial charge is 0.388 e. The fraction of sp³-hybridized carbons (Fsp3) is 0.643. The molecule has 1 aliphatic carbocycles. The molecule has 0 atom stereocenters. The number of aliphatic hydroxyl groups is 1. The SMILES string of the molecule is CCC1CCC(O)(CNc2cc3n[nH]c(=O)n3cn2)CC1. The number of hydrogen-bond donors (Lipinski definition) is 3. The lowest BCUT2D eigenvalue weighted by Crippen LogP contribution is -2.40. The first-order valence-electron chi connectivity index (χ1n) is 7.49. The first kappa shape index (κ1) is 14.1. The minimum absolute atomic E-state index is 0.305. The highest BCUT2D eigenvalue weighted by Gasteiger charge is 2.32. The molecule has 3 rings (SSSR count). The summed E-state index contributed by atoms with van der Waals surface area (Å²) in [6.45, 7) is 2.68. The van der Waals surface area contributed by atoms with Gasteiger partial charge in [0, 0.05) is 12.6 Å². The molecular formula is C14H21N5O2. The number of nitrogens with one attached hydrogen (secondary N) is 2. The van der Waals surface area contributed by atoms with Crippen molar-refractivity contribution in [3.8, 4) is 0 Å². The van der Waals surface area contributed by atoms with E-state index in [1.165, 1.54) is 17.1 Å². The number of aromatic nitrogens is 4. The molecule has 1 saturated carbocycles. The molecule has 0 amide bonds. The Morgan fingerprint density at radius 1 is 1.52 bits per heavy atom. The zero-order valence-electron chi connectivity index (χ0n) is 12.2. The van der Waals surface area contributed by atoms with Crippen molar-refractivity contribution >= 4 is 11.5 Å². The van der Waals surface area contributed by atoms with E-state index in [0.29, 0.717) is 18.0 Å². The van der Waals surface area contributed by atoms with E-state index in [1.807, 2.05) is 0 Å². The van der Waals surface area contributed by atoms with Crippen LogP contribution in [0.15, 0.2) is 17.2 Å². The van der Waals surface area contributed by atoms with Crippen LogP contribution < -0.4 is 11.0 Å². The number of aromatic amines is 1. The van der Waals surface area contributed by atoms with Crippen LogP contribution in [0.5, 0.6) is 0 Å². The van der Waals surface area contributed by atoms with Crippen LogP contribution in [0.3, 0.4) is 0 Å². The lowest BCUT2D eigenvalue weighted by atomic mass is 9.78.